The van der Waals surface area contributed by atoms with Crippen LogP contribution >= 0.6 is 27.5 Å². The van der Waals surface area contributed by atoms with Gasteiger partial charge in [0.25, 0.3) is 11.5 Å². The van der Waals surface area contributed by atoms with Crippen LogP contribution in [0.15, 0.2) is 56.1 Å². The third kappa shape index (κ3) is 5.40. The maximum Gasteiger partial charge on any atom is 0.516 e. The van der Waals surface area contributed by atoms with Crippen molar-refractivity contribution >= 4 is 60.1 Å². The van der Waals surface area contributed by atoms with Gasteiger partial charge in [-0.2, -0.15) is 26.6 Å². The Balaban J connectivity index is 1.81. The molecule has 0 aliphatic carbocycles. The van der Waals surface area contributed by atoms with Crippen molar-refractivity contribution in [3.63, 3.8) is 0 Å². The smallest absolute Gasteiger partial charge is 0.455 e. The highest BCUT2D eigenvalue weighted by Gasteiger charge is 2.46. The number of hydrogen-bond acceptors (Lipinski definition) is 6. The minimum absolute atomic E-state index is 0.0473. The van der Waals surface area contributed by atoms with E-state index in [1.54, 1.807) is 29.8 Å². The van der Waals surface area contributed by atoms with Crippen LogP contribution in [0.25, 0.3) is 22.3 Å². The Hall–Kier alpha value is -3.36. The Kier molecular flexibility index (Phi) is 7.83. The second-order valence-corrected chi connectivity index (χ2v) is 11.0. The lowest BCUT2D eigenvalue weighted by molar-refractivity contribution is -0.0429. The van der Waals surface area contributed by atoms with Gasteiger partial charge in [0, 0.05) is 31.0 Å². The van der Waals surface area contributed by atoms with Crippen LogP contribution < -0.4 is 15.6 Å². The molecule has 2 heterocycles. The summed E-state index contributed by atoms with van der Waals surface area (Å²) < 4.78 is 71.8. The predicted molar refractivity (Wildman–Crippen MR) is 143 cm³/mol. The van der Waals surface area contributed by atoms with Gasteiger partial charge in [0.15, 0.2) is 5.76 Å². The minimum atomic E-state index is -5.67. The summed E-state index contributed by atoms with van der Waals surface area (Å²) in [5.74, 6) is -0.142. The number of sulfonamides is 1. The molecule has 0 bridgehead atoms. The number of carbonyl (C=O) groups is 1. The van der Waals surface area contributed by atoms with E-state index in [1.165, 1.54) is 35.9 Å². The van der Waals surface area contributed by atoms with E-state index in [9.17, 15) is 31.2 Å². The number of aromatic nitrogens is 2. The van der Waals surface area contributed by atoms with E-state index >= 15 is 0 Å². The van der Waals surface area contributed by atoms with Crippen LogP contribution in [0.1, 0.15) is 28.8 Å². The van der Waals surface area contributed by atoms with Gasteiger partial charge in [-0.15, -0.1) is 0 Å². The van der Waals surface area contributed by atoms with Gasteiger partial charge in [0.2, 0.25) is 0 Å². The number of fused-ring (bicyclic) bond motifs is 1. The summed E-state index contributed by atoms with van der Waals surface area (Å²) in [4.78, 5) is 28.7. The van der Waals surface area contributed by atoms with Crippen molar-refractivity contribution in [2.24, 2.45) is 0 Å². The van der Waals surface area contributed by atoms with Crippen molar-refractivity contribution in [1.82, 2.24) is 14.9 Å². The van der Waals surface area contributed by atoms with E-state index in [2.05, 4.69) is 26.2 Å². The Morgan fingerprint density at radius 3 is 2.54 bits per heavy atom. The summed E-state index contributed by atoms with van der Waals surface area (Å²) in [7, 11) is -4.27. The van der Waals surface area contributed by atoms with E-state index in [1.807, 2.05) is 0 Å². The number of hydrogen-bond donors (Lipinski definition) is 2. The maximum atomic E-state index is 13.0. The van der Waals surface area contributed by atoms with Gasteiger partial charge < -0.3 is 14.3 Å². The third-order valence-electron chi connectivity index (χ3n) is 5.72. The number of amides is 1. The number of nitrogens with zero attached hydrogens (tertiary/aromatic N) is 2. The highest BCUT2D eigenvalue weighted by Crippen LogP contribution is 2.42. The van der Waals surface area contributed by atoms with Gasteiger partial charge in [-0.05, 0) is 45.8 Å². The summed E-state index contributed by atoms with van der Waals surface area (Å²) in [6, 6.07) is 10.5. The normalized spacial score (nSPS) is 12.1. The van der Waals surface area contributed by atoms with E-state index in [0.29, 0.717) is 33.3 Å². The van der Waals surface area contributed by atoms with E-state index in [-0.39, 0.29) is 34.3 Å². The van der Waals surface area contributed by atoms with Crippen LogP contribution in [0.2, 0.25) is 5.02 Å². The van der Waals surface area contributed by atoms with Crippen LogP contribution in [-0.4, -0.2) is 36.4 Å². The Morgan fingerprint density at radius 1 is 1.21 bits per heavy atom. The summed E-state index contributed by atoms with van der Waals surface area (Å²) in [6.45, 7) is 1.87. The molecule has 0 fully saturated rings. The summed E-state index contributed by atoms with van der Waals surface area (Å²) in [5.41, 5.74) is -5.52. The van der Waals surface area contributed by atoms with Gasteiger partial charge in [0.1, 0.15) is 22.1 Å². The number of furan rings is 1. The number of halogens is 5. The topological polar surface area (TPSA) is 123 Å². The average molecular weight is 648 g/mol. The van der Waals surface area contributed by atoms with Crippen molar-refractivity contribution in [2.75, 3.05) is 11.8 Å². The first kappa shape index (κ1) is 28.6. The zero-order chi connectivity index (χ0) is 28.7. The molecule has 0 unspecified atom stereocenters. The molecule has 9 nitrogen and oxygen atoms in total. The SMILES string of the molecule is CCc1nc(=O)c(Cl)c(C(=O)NC)n1Cc1ccc2oc(-c3ccccc3NS(=O)(=O)C(F)(F)F)c(Br)c2c1. The molecule has 0 radical (unpaired) electrons. The monoisotopic (exact) mass is 646 g/mol. The van der Waals surface area contributed by atoms with Crippen LogP contribution in [0.4, 0.5) is 18.9 Å². The second kappa shape index (κ2) is 10.7. The molecule has 206 valence electrons. The Bertz CT molecular complexity index is 1770. The quantitative estimate of drug-likeness (QED) is 0.281. The van der Waals surface area contributed by atoms with Gasteiger partial charge in [-0.3, -0.25) is 14.3 Å². The fourth-order valence-corrected chi connectivity index (χ4v) is 5.32. The van der Waals surface area contributed by atoms with E-state index in [0.717, 1.165) is 0 Å². The summed E-state index contributed by atoms with van der Waals surface area (Å²) >= 11 is 9.57. The standard InChI is InChI=1S/C24H19BrClF3N4O5S/c1-3-17-31-22(34)19(26)20(23(35)30-2)33(17)11-12-8-9-16-14(10-12)18(25)21(38-16)13-6-4-5-7-15(13)32-39(36,37)24(27,28)29/h4-10,32H,3,11H2,1-2H3,(H,30,35). The number of carbonyl (C=O) groups excluding carboxylic acids is 1. The number of aryl methyl sites for hydroxylation is 1. The van der Waals surface area contributed by atoms with Gasteiger partial charge >= 0.3 is 15.5 Å². The molecule has 2 N–H and O–H groups in total. The van der Waals surface area contributed by atoms with Crippen LogP contribution in [0, 0.1) is 0 Å². The van der Waals surface area contributed by atoms with E-state index < -0.39 is 27.0 Å². The molecule has 0 spiro atoms. The first-order valence-electron chi connectivity index (χ1n) is 11.2. The Labute approximate surface area is 233 Å². The molecule has 4 rings (SSSR count). The van der Waals surface area contributed by atoms with Crippen molar-refractivity contribution < 1.29 is 30.8 Å². The molecular weight excluding hydrogens is 629 g/mol. The number of nitrogens with one attached hydrogen (secondary N) is 2. The molecule has 15 heteroatoms. The molecule has 0 aliphatic rings. The van der Waals surface area contributed by atoms with Crippen LogP contribution in [0.5, 0.6) is 0 Å². The summed E-state index contributed by atoms with van der Waals surface area (Å²) in [5, 5.41) is 2.67. The lowest BCUT2D eigenvalue weighted by Gasteiger charge is -2.17. The molecular formula is C24H19BrClF3N4O5S. The molecule has 2 aromatic carbocycles. The highest BCUT2D eigenvalue weighted by atomic mass is 79.9. The number of benzene rings is 2. The zero-order valence-corrected chi connectivity index (χ0v) is 23.3. The number of para-hydroxylation sites is 1. The number of alkyl halides is 3. The van der Waals surface area contributed by atoms with E-state index in [4.69, 9.17) is 16.0 Å². The Morgan fingerprint density at radius 2 is 1.90 bits per heavy atom. The molecule has 0 atom stereocenters. The number of rotatable bonds is 7. The fourth-order valence-electron chi connectivity index (χ4n) is 3.90. The minimum Gasteiger partial charge on any atom is -0.455 e. The van der Waals surface area contributed by atoms with Crippen LogP contribution in [-0.2, 0) is 23.0 Å². The lowest BCUT2D eigenvalue weighted by Crippen LogP contribution is -2.30. The van der Waals surface area contributed by atoms with Gasteiger partial charge in [0.05, 0.1) is 10.2 Å². The van der Waals surface area contributed by atoms with Gasteiger partial charge in [-0.1, -0.05) is 36.7 Å². The molecule has 0 saturated carbocycles. The number of anilines is 1. The first-order valence-corrected chi connectivity index (χ1v) is 13.8. The van der Waals surface area contributed by atoms with Crippen molar-refractivity contribution in [3.05, 3.63) is 79.4 Å². The predicted octanol–water partition coefficient (Wildman–Crippen LogP) is 5.30. The summed E-state index contributed by atoms with van der Waals surface area (Å²) in [6.07, 6.45) is 0.336. The lowest BCUT2D eigenvalue weighted by atomic mass is 10.1. The maximum absolute atomic E-state index is 13.0. The largest absolute Gasteiger partial charge is 0.516 e. The molecule has 4 aromatic rings. The molecule has 2 aromatic heterocycles. The molecule has 1 amide bonds. The highest BCUT2D eigenvalue weighted by molar-refractivity contribution is 9.10. The first-order chi connectivity index (χ1) is 18.3. The second-order valence-electron chi connectivity index (χ2n) is 8.19. The zero-order valence-electron chi connectivity index (χ0n) is 20.2. The average Bonchev–Trinajstić information content (AvgIpc) is 3.20. The fraction of sp³-hybridized carbons (Fsp3) is 0.208. The molecule has 0 saturated heterocycles. The molecule has 0 aliphatic heterocycles. The van der Waals surface area contributed by atoms with Crippen LogP contribution in [0.3, 0.4) is 0 Å². The van der Waals surface area contributed by atoms with Crippen molar-refractivity contribution in [1.29, 1.82) is 0 Å². The van der Waals surface area contributed by atoms with Crippen molar-refractivity contribution in [2.45, 2.75) is 25.4 Å². The molecule has 39 heavy (non-hydrogen) atoms. The van der Waals surface area contributed by atoms with Crippen molar-refractivity contribution in [3.8, 4) is 11.3 Å². The van der Waals surface area contributed by atoms with Gasteiger partial charge in [-0.25, -0.2) is 0 Å². The third-order valence-corrected chi connectivity index (χ3v) is 7.95.